The van der Waals surface area contributed by atoms with E-state index in [0.29, 0.717) is 0 Å². The summed E-state index contributed by atoms with van der Waals surface area (Å²) >= 11 is 0. The van der Waals surface area contributed by atoms with Crippen molar-refractivity contribution in [3.63, 3.8) is 0 Å². The summed E-state index contributed by atoms with van der Waals surface area (Å²) in [5.74, 6) is -0.630. The summed E-state index contributed by atoms with van der Waals surface area (Å²) < 4.78 is 36.4. The lowest BCUT2D eigenvalue weighted by molar-refractivity contribution is -0.127. The third kappa shape index (κ3) is 3.27. The van der Waals surface area contributed by atoms with Gasteiger partial charge >= 0.3 is 6.18 Å². The van der Waals surface area contributed by atoms with E-state index in [9.17, 15) is 18.0 Å². The first-order valence-electron chi connectivity index (χ1n) is 4.23. The number of rotatable bonds is 2. The van der Waals surface area contributed by atoms with Crippen LogP contribution in [0.25, 0.3) is 0 Å². The molecule has 2 nitrogen and oxygen atoms in total. The van der Waals surface area contributed by atoms with E-state index in [-0.39, 0.29) is 11.1 Å². The number of alkyl halides is 3. The SMILES string of the molecule is C[N]C(=O)c1ccccc1CC(F)(F)F. The fourth-order valence-corrected chi connectivity index (χ4v) is 1.22. The second-order valence-corrected chi connectivity index (χ2v) is 2.98. The van der Waals surface area contributed by atoms with Crippen LogP contribution in [0.5, 0.6) is 0 Å². The normalized spacial score (nSPS) is 11.2. The van der Waals surface area contributed by atoms with Gasteiger partial charge in [0.25, 0.3) is 5.91 Å². The van der Waals surface area contributed by atoms with Gasteiger partial charge in [0.15, 0.2) is 0 Å². The number of benzene rings is 1. The average Bonchev–Trinajstić information content (AvgIpc) is 2.15. The predicted octanol–water partition coefficient (Wildman–Crippen LogP) is 2.17. The van der Waals surface area contributed by atoms with E-state index in [1.807, 2.05) is 0 Å². The molecule has 0 saturated carbocycles. The largest absolute Gasteiger partial charge is 0.393 e. The molecule has 0 spiro atoms. The van der Waals surface area contributed by atoms with E-state index in [1.165, 1.54) is 31.3 Å². The van der Waals surface area contributed by atoms with Crippen molar-refractivity contribution in [1.82, 2.24) is 5.32 Å². The maximum atomic E-state index is 12.1. The Bertz CT molecular complexity index is 360. The summed E-state index contributed by atoms with van der Waals surface area (Å²) in [5, 5.41) is 3.34. The molecule has 1 amide bonds. The minimum absolute atomic E-state index is 0.0114. The van der Waals surface area contributed by atoms with Crippen molar-refractivity contribution in [2.45, 2.75) is 12.6 Å². The van der Waals surface area contributed by atoms with Crippen LogP contribution in [-0.4, -0.2) is 19.1 Å². The highest BCUT2D eigenvalue weighted by molar-refractivity contribution is 5.95. The van der Waals surface area contributed by atoms with E-state index < -0.39 is 18.5 Å². The number of carbonyl (C=O) groups is 1. The van der Waals surface area contributed by atoms with E-state index in [0.717, 1.165) is 0 Å². The molecule has 0 aliphatic carbocycles. The van der Waals surface area contributed by atoms with Gasteiger partial charge < -0.3 is 0 Å². The fourth-order valence-electron chi connectivity index (χ4n) is 1.22. The number of hydrogen-bond acceptors (Lipinski definition) is 1. The van der Waals surface area contributed by atoms with Gasteiger partial charge in [-0.3, -0.25) is 10.1 Å². The van der Waals surface area contributed by atoms with Gasteiger partial charge in [-0.25, -0.2) is 0 Å². The summed E-state index contributed by atoms with van der Waals surface area (Å²) in [5.41, 5.74) is -0.0297. The fraction of sp³-hybridized carbons (Fsp3) is 0.300. The van der Waals surface area contributed by atoms with Crippen molar-refractivity contribution in [1.29, 1.82) is 0 Å². The number of halogens is 3. The minimum Gasteiger partial charge on any atom is -0.267 e. The van der Waals surface area contributed by atoms with Crippen LogP contribution in [0.1, 0.15) is 15.9 Å². The average molecular weight is 216 g/mol. The summed E-state index contributed by atoms with van der Waals surface area (Å²) in [6.45, 7) is 0. The second-order valence-electron chi connectivity index (χ2n) is 2.98. The number of hydrogen-bond donors (Lipinski definition) is 0. The van der Waals surface area contributed by atoms with E-state index in [1.54, 1.807) is 0 Å². The van der Waals surface area contributed by atoms with E-state index >= 15 is 0 Å². The molecule has 0 heterocycles. The van der Waals surface area contributed by atoms with Crippen LogP contribution in [-0.2, 0) is 6.42 Å². The quantitative estimate of drug-likeness (QED) is 0.745. The first-order valence-corrected chi connectivity index (χ1v) is 4.23. The first kappa shape index (κ1) is 11.6. The molecule has 1 aromatic carbocycles. The van der Waals surface area contributed by atoms with Crippen LogP contribution in [0.15, 0.2) is 24.3 Å². The second kappa shape index (κ2) is 4.33. The molecule has 1 aromatic rings. The Labute approximate surface area is 85.1 Å². The lowest BCUT2D eigenvalue weighted by Crippen LogP contribution is -2.18. The summed E-state index contributed by atoms with van der Waals surface area (Å²) in [6.07, 6.45) is -5.42. The molecule has 1 radical (unpaired) electrons. The number of nitrogens with zero attached hydrogens (tertiary/aromatic N) is 1. The predicted molar refractivity (Wildman–Crippen MR) is 48.6 cm³/mol. The standard InChI is InChI=1S/C10H9F3NO/c1-14-9(15)8-5-3-2-4-7(8)6-10(11,12)13/h2-5H,6H2,1H3. The highest BCUT2D eigenvalue weighted by Crippen LogP contribution is 2.23. The van der Waals surface area contributed by atoms with Crippen LogP contribution in [0.3, 0.4) is 0 Å². The van der Waals surface area contributed by atoms with Gasteiger partial charge in [-0.15, -0.1) is 0 Å². The molecule has 15 heavy (non-hydrogen) atoms. The first-order chi connectivity index (χ1) is 6.94. The van der Waals surface area contributed by atoms with Gasteiger partial charge in [0, 0.05) is 12.6 Å². The molecule has 0 saturated heterocycles. The van der Waals surface area contributed by atoms with Gasteiger partial charge in [-0.05, 0) is 11.6 Å². The molecule has 0 aliphatic rings. The molecule has 0 aliphatic heterocycles. The summed E-state index contributed by atoms with van der Waals surface area (Å²) in [4.78, 5) is 11.2. The van der Waals surface area contributed by atoms with Gasteiger partial charge in [0.1, 0.15) is 0 Å². The van der Waals surface area contributed by atoms with Gasteiger partial charge in [-0.2, -0.15) is 13.2 Å². The topological polar surface area (TPSA) is 31.2 Å². The molecule has 0 aromatic heterocycles. The van der Waals surface area contributed by atoms with Gasteiger partial charge in [0.05, 0.1) is 6.42 Å². The van der Waals surface area contributed by atoms with Crippen molar-refractivity contribution in [2.75, 3.05) is 7.05 Å². The van der Waals surface area contributed by atoms with Crippen LogP contribution in [0.4, 0.5) is 13.2 Å². The third-order valence-corrected chi connectivity index (χ3v) is 1.84. The molecule has 5 heteroatoms. The Kier molecular flexibility index (Phi) is 3.34. The number of carbonyl (C=O) groups excluding carboxylic acids is 1. The molecule has 0 N–H and O–H groups in total. The van der Waals surface area contributed by atoms with Crippen molar-refractivity contribution >= 4 is 5.91 Å². The van der Waals surface area contributed by atoms with E-state index in [4.69, 9.17) is 0 Å². The Morgan fingerprint density at radius 3 is 2.47 bits per heavy atom. The van der Waals surface area contributed by atoms with Crippen molar-refractivity contribution < 1.29 is 18.0 Å². The maximum Gasteiger partial charge on any atom is 0.393 e. The van der Waals surface area contributed by atoms with Crippen LogP contribution < -0.4 is 5.32 Å². The minimum atomic E-state index is -4.32. The smallest absolute Gasteiger partial charge is 0.267 e. The zero-order chi connectivity index (χ0) is 11.5. The highest BCUT2D eigenvalue weighted by atomic mass is 19.4. The molecule has 1 rings (SSSR count). The van der Waals surface area contributed by atoms with Crippen molar-refractivity contribution in [2.24, 2.45) is 0 Å². The monoisotopic (exact) mass is 216 g/mol. The van der Waals surface area contributed by atoms with Crippen LogP contribution in [0, 0.1) is 0 Å². The molecule has 0 bridgehead atoms. The lowest BCUT2D eigenvalue weighted by Gasteiger charge is -2.09. The summed E-state index contributed by atoms with van der Waals surface area (Å²) in [7, 11) is 1.26. The highest BCUT2D eigenvalue weighted by Gasteiger charge is 2.29. The molecular formula is C10H9F3NO. The lowest BCUT2D eigenvalue weighted by atomic mass is 10.0. The summed E-state index contributed by atoms with van der Waals surface area (Å²) in [6, 6.07) is 5.61. The van der Waals surface area contributed by atoms with Crippen molar-refractivity contribution in [3.05, 3.63) is 35.4 Å². The van der Waals surface area contributed by atoms with E-state index in [2.05, 4.69) is 5.32 Å². The number of amides is 1. The van der Waals surface area contributed by atoms with Gasteiger partial charge in [-0.1, -0.05) is 18.2 Å². The van der Waals surface area contributed by atoms with Gasteiger partial charge in [0.2, 0.25) is 0 Å². The molecular weight excluding hydrogens is 207 g/mol. The molecule has 0 unspecified atom stereocenters. The Hall–Kier alpha value is -1.52. The zero-order valence-corrected chi connectivity index (χ0v) is 8.01. The van der Waals surface area contributed by atoms with Crippen molar-refractivity contribution in [3.8, 4) is 0 Å². The maximum absolute atomic E-state index is 12.1. The molecule has 0 fully saturated rings. The van der Waals surface area contributed by atoms with Crippen LogP contribution in [0.2, 0.25) is 0 Å². The molecule has 81 valence electrons. The Balaban J connectivity index is 3.02. The Morgan fingerprint density at radius 1 is 1.33 bits per heavy atom. The third-order valence-electron chi connectivity index (χ3n) is 1.84. The zero-order valence-electron chi connectivity index (χ0n) is 8.01. The van der Waals surface area contributed by atoms with Crippen LogP contribution >= 0.6 is 0 Å². The Morgan fingerprint density at radius 2 is 1.93 bits per heavy atom. The molecule has 0 atom stereocenters.